The van der Waals surface area contributed by atoms with E-state index in [4.69, 9.17) is 20.8 Å². The van der Waals surface area contributed by atoms with Crippen LogP contribution in [0.15, 0.2) is 82.8 Å². The summed E-state index contributed by atoms with van der Waals surface area (Å²) in [5, 5.41) is 2.40. The van der Waals surface area contributed by atoms with Crippen LogP contribution in [0, 0.1) is 6.92 Å². The fourth-order valence-electron chi connectivity index (χ4n) is 4.53. The summed E-state index contributed by atoms with van der Waals surface area (Å²) < 4.78 is 11.6. The Bertz CT molecular complexity index is 1370. The van der Waals surface area contributed by atoms with Gasteiger partial charge in [-0.05, 0) is 66.8 Å². The first kappa shape index (κ1) is 25.1. The maximum atomic E-state index is 13.8. The highest BCUT2D eigenvalue weighted by Crippen LogP contribution is 2.34. The van der Waals surface area contributed by atoms with Gasteiger partial charge in [-0.2, -0.15) is 0 Å². The lowest BCUT2D eigenvalue weighted by molar-refractivity contribution is -0.135. The molecule has 3 heterocycles. The summed E-state index contributed by atoms with van der Waals surface area (Å²) in [6.07, 6.45) is 2.33. The molecule has 37 heavy (non-hydrogen) atoms. The smallest absolute Gasteiger partial charge is 0.256 e. The molecule has 0 bridgehead atoms. The highest BCUT2D eigenvalue weighted by Gasteiger charge is 2.34. The standard InChI is InChI=1S/C29H27ClN2O4S/c1-20-8-10-21(11-9-20)36-19-26-24-13-16-37-27(24)12-14-32(26)28(33)18-31(17-22-5-4-15-35-22)29(34)23-6-2-3-7-25(23)30/h2-11,13,15-16,26H,12,14,17-19H2,1H3/t26-/m1/s1. The van der Waals surface area contributed by atoms with Gasteiger partial charge in [-0.3, -0.25) is 9.59 Å². The maximum absolute atomic E-state index is 13.8. The summed E-state index contributed by atoms with van der Waals surface area (Å²) in [5.74, 6) is 0.872. The van der Waals surface area contributed by atoms with Crippen molar-refractivity contribution in [3.05, 3.63) is 111 Å². The molecule has 0 unspecified atom stereocenters. The van der Waals surface area contributed by atoms with Gasteiger partial charge in [-0.1, -0.05) is 41.4 Å². The second kappa shape index (κ2) is 11.2. The molecule has 5 rings (SSSR count). The van der Waals surface area contributed by atoms with Gasteiger partial charge in [0.15, 0.2) is 0 Å². The number of amides is 2. The van der Waals surface area contributed by atoms with Gasteiger partial charge in [0.25, 0.3) is 5.91 Å². The van der Waals surface area contributed by atoms with Crippen LogP contribution >= 0.6 is 22.9 Å². The number of hydrogen-bond donors (Lipinski definition) is 0. The Kier molecular flexibility index (Phi) is 7.63. The SMILES string of the molecule is Cc1ccc(OC[C@@H]2c3ccsc3CCN2C(=O)CN(Cc2ccco2)C(=O)c2ccccc2Cl)cc1. The summed E-state index contributed by atoms with van der Waals surface area (Å²) >= 11 is 8.03. The Balaban J connectivity index is 1.38. The third-order valence-corrected chi connectivity index (χ3v) is 7.81. The number of carbonyl (C=O) groups excluding carboxylic acids is 2. The van der Waals surface area contributed by atoms with Gasteiger partial charge in [0.05, 0.1) is 29.4 Å². The number of fused-ring (bicyclic) bond motifs is 1. The molecule has 1 aliphatic rings. The third kappa shape index (κ3) is 5.73. The quantitative estimate of drug-likeness (QED) is 0.272. The van der Waals surface area contributed by atoms with Crippen LogP contribution in [0.4, 0.5) is 0 Å². The van der Waals surface area contributed by atoms with E-state index in [1.54, 1.807) is 54.0 Å². The molecule has 1 aliphatic heterocycles. The molecule has 0 aliphatic carbocycles. The number of ether oxygens (including phenoxy) is 1. The Morgan fingerprint density at radius 2 is 1.92 bits per heavy atom. The summed E-state index contributed by atoms with van der Waals surface area (Å²) in [6.45, 7) is 2.97. The van der Waals surface area contributed by atoms with Crippen molar-refractivity contribution in [3.63, 3.8) is 0 Å². The van der Waals surface area contributed by atoms with Gasteiger partial charge in [0.1, 0.15) is 24.7 Å². The fraction of sp³-hybridized carbons (Fsp3) is 0.241. The average molecular weight is 535 g/mol. The first-order chi connectivity index (χ1) is 18.0. The molecule has 190 valence electrons. The van der Waals surface area contributed by atoms with E-state index in [2.05, 4.69) is 11.4 Å². The number of furan rings is 1. The molecule has 2 amide bonds. The van der Waals surface area contributed by atoms with Gasteiger partial charge in [0, 0.05) is 11.4 Å². The van der Waals surface area contributed by atoms with Crippen molar-refractivity contribution in [3.8, 4) is 5.75 Å². The molecule has 4 aromatic rings. The molecule has 2 aromatic carbocycles. The molecule has 0 saturated carbocycles. The summed E-state index contributed by atoms with van der Waals surface area (Å²) in [4.78, 5) is 31.9. The number of benzene rings is 2. The van der Waals surface area contributed by atoms with Crippen LogP contribution in [0.2, 0.25) is 5.02 Å². The Hall–Kier alpha value is -3.55. The van der Waals surface area contributed by atoms with E-state index in [0.29, 0.717) is 29.5 Å². The molecular formula is C29H27ClN2O4S. The Morgan fingerprint density at radius 1 is 1.11 bits per heavy atom. The number of halogens is 1. The highest BCUT2D eigenvalue weighted by molar-refractivity contribution is 7.10. The van der Waals surface area contributed by atoms with E-state index in [1.807, 2.05) is 36.1 Å². The lowest BCUT2D eigenvalue weighted by atomic mass is 10.0. The van der Waals surface area contributed by atoms with Crippen molar-refractivity contribution in [2.75, 3.05) is 19.7 Å². The van der Waals surface area contributed by atoms with Crippen LogP contribution in [-0.4, -0.2) is 41.3 Å². The number of carbonyl (C=O) groups is 2. The van der Waals surface area contributed by atoms with E-state index in [-0.39, 0.29) is 30.9 Å². The Morgan fingerprint density at radius 3 is 2.68 bits per heavy atom. The lowest BCUT2D eigenvalue weighted by Gasteiger charge is -2.37. The lowest BCUT2D eigenvalue weighted by Crippen LogP contribution is -2.47. The fourth-order valence-corrected chi connectivity index (χ4v) is 5.68. The van der Waals surface area contributed by atoms with Crippen LogP contribution in [-0.2, 0) is 17.8 Å². The molecule has 0 radical (unpaired) electrons. The van der Waals surface area contributed by atoms with Crippen LogP contribution < -0.4 is 4.74 Å². The predicted octanol–water partition coefficient (Wildman–Crippen LogP) is 6.15. The maximum Gasteiger partial charge on any atom is 0.256 e. The summed E-state index contributed by atoms with van der Waals surface area (Å²) in [5.41, 5.74) is 2.61. The minimum absolute atomic E-state index is 0.106. The van der Waals surface area contributed by atoms with Crippen molar-refractivity contribution < 1.29 is 18.7 Å². The number of thiophene rings is 1. The minimum Gasteiger partial charge on any atom is -0.491 e. The van der Waals surface area contributed by atoms with Gasteiger partial charge < -0.3 is 19.0 Å². The van der Waals surface area contributed by atoms with Crippen molar-refractivity contribution in [2.45, 2.75) is 25.9 Å². The molecule has 1 atom stereocenters. The van der Waals surface area contributed by atoms with Gasteiger partial charge in [0.2, 0.25) is 5.91 Å². The first-order valence-electron chi connectivity index (χ1n) is 12.1. The molecule has 6 nitrogen and oxygen atoms in total. The zero-order chi connectivity index (χ0) is 25.8. The van der Waals surface area contributed by atoms with Crippen molar-refractivity contribution >= 4 is 34.8 Å². The van der Waals surface area contributed by atoms with Crippen LogP contribution in [0.25, 0.3) is 0 Å². The molecule has 0 N–H and O–H groups in total. The van der Waals surface area contributed by atoms with Crippen molar-refractivity contribution in [2.24, 2.45) is 0 Å². The molecule has 0 fully saturated rings. The monoisotopic (exact) mass is 534 g/mol. The molecule has 0 spiro atoms. The average Bonchev–Trinajstić information content (AvgIpc) is 3.60. The predicted molar refractivity (Wildman–Crippen MR) is 144 cm³/mol. The molecule has 8 heteroatoms. The van der Waals surface area contributed by atoms with Crippen LogP contribution in [0.1, 0.15) is 38.2 Å². The van der Waals surface area contributed by atoms with E-state index >= 15 is 0 Å². The molecular weight excluding hydrogens is 508 g/mol. The number of aryl methyl sites for hydroxylation is 1. The second-order valence-electron chi connectivity index (χ2n) is 9.00. The van der Waals surface area contributed by atoms with E-state index < -0.39 is 0 Å². The molecule has 0 saturated heterocycles. The van der Waals surface area contributed by atoms with Gasteiger partial charge in [-0.25, -0.2) is 0 Å². The van der Waals surface area contributed by atoms with E-state index in [0.717, 1.165) is 23.3 Å². The second-order valence-corrected chi connectivity index (χ2v) is 10.4. The van der Waals surface area contributed by atoms with E-state index in [1.165, 1.54) is 9.78 Å². The third-order valence-electron chi connectivity index (χ3n) is 6.49. The van der Waals surface area contributed by atoms with Gasteiger partial charge in [-0.15, -0.1) is 11.3 Å². The topological polar surface area (TPSA) is 63.0 Å². The van der Waals surface area contributed by atoms with Gasteiger partial charge >= 0.3 is 0 Å². The van der Waals surface area contributed by atoms with Crippen molar-refractivity contribution in [1.29, 1.82) is 0 Å². The van der Waals surface area contributed by atoms with Crippen molar-refractivity contribution in [1.82, 2.24) is 9.80 Å². The highest BCUT2D eigenvalue weighted by atomic mass is 35.5. The normalized spacial score (nSPS) is 14.8. The zero-order valence-corrected chi connectivity index (χ0v) is 22.0. The summed E-state index contributed by atoms with van der Waals surface area (Å²) in [6, 6.07) is 20.1. The molecule has 2 aromatic heterocycles. The zero-order valence-electron chi connectivity index (χ0n) is 20.4. The number of rotatable bonds is 8. The Labute approximate surface area is 225 Å². The number of hydrogen-bond acceptors (Lipinski definition) is 5. The minimum atomic E-state index is -0.323. The van der Waals surface area contributed by atoms with Crippen LogP contribution in [0.3, 0.4) is 0 Å². The largest absolute Gasteiger partial charge is 0.491 e. The first-order valence-corrected chi connectivity index (χ1v) is 13.4. The van der Waals surface area contributed by atoms with E-state index in [9.17, 15) is 9.59 Å². The number of nitrogens with zero attached hydrogens (tertiary/aromatic N) is 2. The summed E-state index contributed by atoms with van der Waals surface area (Å²) in [7, 11) is 0. The van der Waals surface area contributed by atoms with Crippen LogP contribution in [0.5, 0.6) is 5.75 Å².